The maximum Gasteiger partial charge on any atom is 0.353 e. The number of hydrogen-bond acceptors (Lipinski definition) is 8. The third kappa shape index (κ3) is 2.77. The average Bonchev–Trinajstić information content (AvgIpc) is 2.28. The van der Waals surface area contributed by atoms with Crippen LogP contribution in [-0.4, -0.2) is 43.9 Å². The van der Waals surface area contributed by atoms with E-state index < -0.39 is 29.4 Å². The summed E-state index contributed by atoms with van der Waals surface area (Å²) in [4.78, 5) is 17.2. The van der Waals surface area contributed by atoms with Gasteiger partial charge in [0.2, 0.25) is 11.6 Å². The van der Waals surface area contributed by atoms with Crippen LogP contribution in [0.5, 0.6) is 0 Å². The monoisotopic (exact) mass is 243 g/mol. The molecule has 0 saturated heterocycles. The Hall–Kier alpha value is -2.00. The quantitative estimate of drug-likeness (QED) is 0.385. The molecule has 0 spiro atoms. The van der Waals surface area contributed by atoms with E-state index >= 15 is 0 Å². The lowest BCUT2D eigenvalue weighted by Crippen LogP contribution is -2.43. The van der Waals surface area contributed by atoms with Gasteiger partial charge in [0.15, 0.2) is 0 Å². The van der Waals surface area contributed by atoms with Crippen LogP contribution in [0.15, 0.2) is 6.33 Å². The molecule has 9 heteroatoms. The Morgan fingerprint density at radius 1 is 1.53 bits per heavy atom. The van der Waals surface area contributed by atoms with E-state index in [4.69, 9.17) is 15.9 Å². The first kappa shape index (κ1) is 13.1. The van der Waals surface area contributed by atoms with Crippen molar-refractivity contribution in [3.63, 3.8) is 0 Å². The largest absolute Gasteiger partial charge is 0.394 e. The molecular weight excluding hydrogens is 230 g/mol. The number of hydrogen-bond donors (Lipinski definition) is 4. The Kier molecular flexibility index (Phi) is 3.76. The molecule has 0 aliphatic heterocycles. The smallest absolute Gasteiger partial charge is 0.353 e. The lowest BCUT2D eigenvalue weighted by molar-refractivity contribution is -0.383. The number of nitrogens with zero attached hydrogens (tertiary/aromatic N) is 3. The predicted octanol–water partition coefficient (Wildman–Crippen LogP) is -0.878. The van der Waals surface area contributed by atoms with Crippen LogP contribution in [0, 0.1) is 10.1 Å². The summed E-state index contributed by atoms with van der Waals surface area (Å²) in [5.41, 5.74) is 3.75. The Morgan fingerprint density at radius 2 is 2.12 bits per heavy atom. The van der Waals surface area contributed by atoms with Crippen LogP contribution in [0.25, 0.3) is 0 Å². The van der Waals surface area contributed by atoms with Gasteiger partial charge in [-0.2, -0.15) is 0 Å². The van der Waals surface area contributed by atoms with E-state index in [9.17, 15) is 10.1 Å². The first-order valence-corrected chi connectivity index (χ1v) is 4.68. The number of rotatable bonds is 5. The molecule has 0 aliphatic carbocycles. The summed E-state index contributed by atoms with van der Waals surface area (Å²) in [5, 5.41) is 31.5. The van der Waals surface area contributed by atoms with Crippen molar-refractivity contribution in [2.75, 3.05) is 24.3 Å². The molecule has 0 unspecified atom stereocenters. The summed E-state index contributed by atoms with van der Waals surface area (Å²) in [6, 6.07) is 0. The summed E-state index contributed by atoms with van der Waals surface area (Å²) in [5.74, 6) is -0.432. The molecule has 94 valence electrons. The van der Waals surface area contributed by atoms with Gasteiger partial charge in [-0.1, -0.05) is 0 Å². The van der Waals surface area contributed by atoms with Crippen LogP contribution >= 0.6 is 0 Å². The minimum absolute atomic E-state index is 0.145. The van der Waals surface area contributed by atoms with Crippen molar-refractivity contribution in [1.82, 2.24) is 9.97 Å². The zero-order chi connectivity index (χ0) is 13.1. The number of aromatic nitrogens is 2. The van der Waals surface area contributed by atoms with Crippen molar-refractivity contribution in [1.29, 1.82) is 0 Å². The van der Waals surface area contributed by atoms with Crippen LogP contribution in [0.1, 0.15) is 6.92 Å². The Bertz CT molecular complexity index is 420. The highest BCUT2D eigenvalue weighted by atomic mass is 16.6. The first-order valence-electron chi connectivity index (χ1n) is 4.68. The highest BCUT2D eigenvalue weighted by Crippen LogP contribution is 2.28. The van der Waals surface area contributed by atoms with E-state index in [-0.39, 0.29) is 11.6 Å². The van der Waals surface area contributed by atoms with Gasteiger partial charge in [0.05, 0.1) is 23.7 Å². The lowest BCUT2D eigenvalue weighted by Gasteiger charge is -2.26. The fraction of sp³-hybridized carbons (Fsp3) is 0.500. The van der Waals surface area contributed by atoms with Gasteiger partial charge in [0, 0.05) is 0 Å². The molecular formula is C8H13N5O4. The number of nitrogen functional groups attached to an aromatic ring is 1. The minimum atomic E-state index is -1.13. The summed E-state index contributed by atoms with van der Waals surface area (Å²) < 4.78 is 0. The normalized spacial score (nSPS) is 11.2. The summed E-state index contributed by atoms with van der Waals surface area (Å²) in [6.07, 6.45) is 1.06. The molecule has 0 aliphatic rings. The number of nitro groups is 1. The highest BCUT2D eigenvalue weighted by molar-refractivity contribution is 5.67. The standard InChI is InChI=1S/C8H13N5O4/c1-8(2-14,3-15)12-7-5(13(16)17)6(9)10-4-11-7/h4,14-15H,2-3H2,1H3,(H3,9,10,11,12). The third-order valence-corrected chi connectivity index (χ3v) is 2.15. The van der Waals surface area contributed by atoms with E-state index in [1.807, 2.05) is 0 Å². The molecule has 0 aromatic carbocycles. The maximum absolute atomic E-state index is 10.8. The van der Waals surface area contributed by atoms with E-state index in [1.165, 1.54) is 6.92 Å². The number of nitrogens with one attached hydrogen (secondary N) is 1. The first-order chi connectivity index (χ1) is 7.93. The lowest BCUT2D eigenvalue weighted by atomic mass is 10.1. The molecule has 0 radical (unpaired) electrons. The average molecular weight is 243 g/mol. The molecule has 9 nitrogen and oxygen atoms in total. The van der Waals surface area contributed by atoms with Crippen LogP contribution in [0.3, 0.4) is 0 Å². The van der Waals surface area contributed by atoms with Gasteiger partial charge >= 0.3 is 5.69 Å². The molecule has 0 bridgehead atoms. The summed E-state index contributed by atoms with van der Waals surface area (Å²) in [7, 11) is 0. The fourth-order valence-electron chi connectivity index (χ4n) is 1.08. The van der Waals surface area contributed by atoms with E-state index in [0.29, 0.717) is 0 Å². The van der Waals surface area contributed by atoms with Gasteiger partial charge in [-0.3, -0.25) is 10.1 Å². The Balaban J connectivity index is 3.15. The van der Waals surface area contributed by atoms with Gasteiger partial charge in [0.25, 0.3) is 0 Å². The third-order valence-electron chi connectivity index (χ3n) is 2.15. The number of aliphatic hydroxyl groups excluding tert-OH is 2. The SMILES string of the molecule is CC(CO)(CO)Nc1ncnc(N)c1[N+](=O)[O-]. The molecule has 0 atom stereocenters. The predicted molar refractivity (Wildman–Crippen MR) is 59.3 cm³/mol. The molecule has 1 aromatic rings. The topological polar surface area (TPSA) is 147 Å². The molecule has 1 rings (SSSR count). The van der Waals surface area contributed by atoms with Gasteiger partial charge < -0.3 is 21.3 Å². The van der Waals surface area contributed by atoms with E-state index in [1.54, 1.807) is 0 Å². The Labute approximate surface area is 96.5 Å². The summed E-state index contributed by atoms with van der Waals surface area (Å²) in [6.45, 7) is 0.629. The number of aliphatic hydroxyl groups is 2. The molecule has 1 aromatic heterocycles. The second-order valence-electron chi connectivity index (χ2n) is 3.72. The summed E-state index contributed by atoms with van der Waals surface area (Å²) >= 11 is 0. The van der Waals surface area contributed by atoms with Gasteiger partial charge in [-0.25, -0.2) is 9.97 Å². The second-order valence-corrected chi connectivity index (χ2v) is 3.72. The van der Waals surface area contributed by atoms with Crippen LogP contribution in [0.2, 0.25) is 0 Å². The van der Waals surface area contributed by atoms with Crippen LogP contribution < -0.4 is 11.1 Å². The molecule has 17 heavy (non-hydrogen) atoms. The zero-order valence-corrected chi connectivity index (χ0v) is 9.12. The molecule has 1 heterocycles. The van der Waals surface area contributed by atoms with Crippen molar-refractivity contribution in [2.24, 2.45) is 0 Å². The van der Waals surface area contributed by atoms with Gasteiger partial charge in [0.1, 0.15) is 6.33 Å². The van der Waals surface area contributed by atoms with Crippen LogP contribution in [-0.2, 0) is 0 Å². The van der Waals surface area contributed by atoms with Gasteiger partial charge in [-0.05, 0) is 6.92 Å². The van der Waals surface area contributed by atoms with Crippen molar-refractivity contribution in [2.45, 2.75) is 12.5 Å². The van der Waals surface area contributed by atoms with Crippen molar-refractivity contribution in [3.05, 3.63) is 16.4 Å². The van der Waals surface area contributed by atoms with Crippen molar-refractivity contribution in [3.8, 4) is 0 Å². The van der Waals surface area contributed by atoms with Crippen molar-refractivity contribution < 1.29 is 15.1 Å². The van der Waals surface area contributed by atoms with E-state index in [0.717, 1.165) is 6.33 Å². The van der Waals surface area contributed by atoms with Crippen LogP contribution in [0.4, 0.5) is 17.3 Å². The maximum atomic E-state index is 10.8. The van der Waals surface area contributed by atoms with E-state index in [2.05, 4.69) is 15.3 Å². The molecule has 0 saturated carbocycles. The minimum Gasteiger partial charge on any atom is -0.394 e. The molecule has 5 N–H and O–H groups in total. The fourth-order valence-corrected chi connectivity index (χ4v) is 1.08. The number of anilines is 2. The highest BCUT2D eigenvalue weighted by Gasteiger charge is 2.28. The van der Waals surface area contributed by atoms with Gasteiger partial charge in [-0.15, -0.1) is 0 Å². The Morgan fingerprint density at radius 3 is 2.59 bits per heavy atom. The van der Waals surface area contributed by atoms with Crippen molar-refractivity contribution >= 4 is 17.3 Å². The number of nitrogens with two attached hydrogens (primary N) is 1. The molecule has 0 amide bonds. The zero-order valence-electron chi connectivity index (χ0n) is 9.12. The second kappa shape index (κ2) is 4.89. The molecule has 0 fully saturated rings.